The maximum absolute atomic E-state index is 16.3. The second-order valence-electron chi connectivity index (χ2n) is 11.5. The number of phenols is 1. The predicted molar refractivity (Wildman–Crippen MR) is 186 cm³/mol. The summed E-state index contributed by atoms with van der Waals surface area (Å²) >= 11 is 2.98. The van der Waals surface area contributed by atoms with E-state index >= 15 is 26.3 Å². The Morgan fingerprint density at radius 2 is 1.34 bits per heavy atom. The van der Waals surface area contributed by atoms with Crippen molar-refractivity contribution < 1.29 is 45.3 Å². The lowest BCUT2D eigenvalue weighted by Crippen LogP contribution is -2.49. The third-order valence-corrected chi connectivity index (χ3v) is 10.1. The number of aromatic hydroxyl groups is 1. The third-order valence-electron chi connectivity index (χ3n) is 8.66. The highest BCUT2D eigenvalue weighted by Gasteiger charge is 2.80. The molecular weight excluding hydrogens is 699 g/mol. The molecule has 12 heteroatoms. The van der Waals surface area contributed by atoms with Crippen LogP contribution in [0.3, 0.4) is 0 Å². The highest BCUT2D eigenvalue weighted by Crippen LogP contribution is 2.64. The fourth-order valence-electron chi connectivity index (χ4n) is 5.97. The summed E-state index contributed by atoms with van der Waals surface area (Å²) in [5.74, 6) is -17.0. The number of benzene rings is 4. The van der Waals surface area contributed by atoms with Gasteiger partial charge in [-0.2, -0.15) is 26.3 Å². The van der Waals surface area contributed by atoms with E-state index in [9.17, 15) is 5.11 Å². The van der Waals surface area contributed by atoms with E-state index in [1.54, 1.807) is 42.5 Å². The Balaban J connectivity index is 1.72. The molecule has 1 aliphatic carbocycles. The van der Waals surface area contributed by atoms with Gasteiger partial charge in [-0.25, -0.2) is 0 Å². The minimum absolute atomic E-state index is 0.0489. The van der Waals surface area contributed by atoms with Gasteiger partial charge in [0.25, 0.3) is 0 Å². The summed E-state index contributed by atoms with van der Waals surface area (Å²) in [6.07, 6.45) is 4.29. The summed E-state index contributed by atoms with van der Waals surface area (Å²) in [5.41, 5.74) is -2.81. The number of phenolic OH excluding ortho intramolecular Hbond substituents is 1. The smallest absolute Gasteiger partial charge is 0.380 e. The quantitative estimate of drug-likeness (QED) is 0.0878. The number of alkyl halides is 6. The van der Waals surface area contributed by atoms with Crippen LogP contribution >= 0.6 is 23.5 Å². The first-order valence-electron chi connectivity index (χ1n) is 15.1. The number of thioether (sulfide) groups is 2. The fourth-order valence-corrected chi connectivity index (χ4v) is 6.78. The van der Waals surface area contributed by atoms with E-state index in [4.69, 9.17) is 13.9 Å². The van der Waals surface area contributed by atoms with Crippen LogP contribution in [0.2, 0.25) is 0 Å². The SMILES string of the molecule is COc1ccc(CC2=C(c3c(C(=Cc4ccc(SC)cc4)c4ccc(SC)cc4)oc4cc(OC)ccc34)C(F)(F)C(F)(F)C2(F)F)c(O)c1. The van der Waals surface area contributed by atoms with Crippen molar-refractivity contribution in [3.63, 3.8) is 0 Å². The average Bonchev–Trinajstić information content (AvgIpc) is 3.52. The Kier molecular flexibility index (Phi) is 9.47. The zero-order valence-corrected chi connectivity index (χ0v) is 28.8. The maximum Gasteiger partial charge on any atom is 0.380 e. The minimum Gasteiger partial charge on any atom is -0.508 e. The molecule has 4 nitrogen and oxygen atoms in total. The molecule has 0 radical (unpaired) electrons. The van der Waals surface area contributed by atoms with Crippen LogP contribution in [0, 0.1) is 0 Å². The van der Waals surface area contributed by atoms with Crippen LogP contribution in [-0.4, -0.2) is 49.6 Å². The van der Waals surface area contributed by atoms with E-state index < -0.39 is 46.6 Å². The van der Waals surface area contributed by atoms with E-state index in [0.717, 1.165) is 15.9 Å². The van der Waals surface area contributed by atoms with Gasteiger partial charge in [-0.1, -0.05) is 30.3 Å². The van der Waals surface area contributed by atoms with E-state index in [-0.39, 0.29) is 39.4 Å². The molecule has 0 aliphatic heterocycles. The van der Waals surface area contributed by atoms with Crippen LogP contribution in [0.5, 0.6) is 17.2 Å². The predicted octanol–water partition coefficient (Wildman–Crippen LogP) is 11.1. The molecule has 0 atom stereocenters. The third kappa shape index (κ3) is 5.91. The molecule has 0 bridgehead atoms. The average molecular weight is 729 g/mol. The van der Waals surface area contributed by atoms with E-state index in [0.29, 0.717) is 11.1 Å². The number of allylic oxidation sites excluding steroid dienone is 2. The molecule has 0 saturated heterocycles. The normalized spacial score (nSPS) is 16.6. The van der Waals surface area contributed by atoms with Crippen LogP contribution in [-0.2, 0) is 6.42 Å². The lowest BCUT2D eigenvalue weighted by molar-refractivity contribution is -0.260. The summed E-state index contributed by atoms with van der Waals surface area (Å²) in [7, 11) is 2.68. The van der Waals surface area contributed by atoms with Crippen molar-refractivity contribution >= 4 is 51.7 Å². The second kappa shape index (κ2) is 13.4. The molecule has 0 amide bonds. The first-order chi connectivity index (χ1) is 23.8. The Bertz CT molecular complexity index is 2120. The summed E-state index contributed by atoms with van der Waals surface area (Å²) < 4.78 is 112. The number of hydrogen-bond acceptors (Lipinski definition) is 6. The monoisotopic (exact) mass is 728 g/mol. The van der Waals surface area contributed by atoms with Gasteiger partial charge in [0.15, 0.2) is 0 Å². The van der Waals surface area contributed by atoms with Gasteiger partial charge >= 0.3 is 17.8 Å². The first-order valence-corrected chi connectivity index (χ1v) is 17.6. The molecule has 1 N–H and O–H groups in total. The zero-order chi connectivity index (χ0) is 36.0. The van der Waals surface area contributed by atoms with Gasteiger partial charge in [0.1, 0.15) is 28.6 Å². The van der Waals surface area contributed by atoms with Gasteiger partial charge in [-0.3, -0.25) is 0 Å². The molecule has 0 spiro atoms. The highest BCUT2D eigenvalue weighted by molar-refractivity contribution is 7.98. The van der Waals surface area contributed by atoms with Gasteiger partial charge in [-0.05, 0) is 77.7 Å². The molecule has 1 aliphatic rings. The van der Waals surface area contributed by atoms with Gasteiger partial charge in [0, 0.05) is 56.0 Å². The highest BCUT2D eigenvalue weighted by atomic mass is 32.2. The van der Waals surface area contributed by atoms with Crippen LogP contribution in [0.1, 0.15) is 28.0 Å². The minimum atomic E-state index is -5.82. The molecule has 5 aromatic rings. The number of furan rings is 1. The number of hydrogen-bond donors (Lipinski definition) is 1. The van der Waals surface area contributed by atoms with Crippen molar-refractivity contribution in [3.05, 3.63) is 119 Å². The molecular formula is C38H30F6O4S2. The number of ether oxygens (including phenoxy) is 2. The number of rotatable bonds is 10. The van der Waals surface area contributed by atoms with Gasteiger partial charge in [-0.15, -0.1) is 23.5 Å². The maximum atomic E-state index is 16.3. The van der Waals surface area contributed by atoms with Crippen molar-refractivity contribution in [2.24, 2.45) is 0 Å². The van der Waals surface area contributed by atoms with Crippen LogP contribution in [0.4, 0.5) is 26.3 Å². The van der Waals surface area contributed by atoms with Crippen LogP contribution in [0.15, 0.2) is 105 Å². The van der Waals surface area contributed by atoms with Crippen molar-refractivity contribution in [2.75, 3.05) is 26.7 Å². The largest absolute Gasteiger partial charge is 0.508 e. The van der Waals surface area contributed by atoms with E-state index in [1.165, 1.54) is 68.1 Å². The summed E-state index contributed by atoms with van der Waals surface area (Å²) in [4.78, 5) is 1.84. The number of methoxy groups -OCH3 is 2. The molecule has 4 aromatic carbocycles. The van der Waals surface area contributed by atoms with Crippen molar-refractivity contribution in [1.29, 1.82) is 0 Å². The van der Waals surface area contributed by atoms with Crippen LogP contribution < -0.4 is 9.47 Å². The molecule has 1 heterocycles. The number of halogens is 6. The van der Waals surface area contributed by atoms with Gasteiger partial charge in [0.05, 0.1) is 14.2 Å². The van der Waals surface area contributed by atoms with E-state index in [2.05, 4.69) is 0 Å². The summed E-state index contributed by atoms with van der Waals surface area (Å²) in [6, 6.07) is 22.0. The molecule has 260 valence electrons. The van der Waals surface area contributed by atoms with Crippen LogP contribution in [0.25, 0.3) is 28.2 Å². The molecule has 0 fully saturated rings. The molecule has 6 rings (SSSR count). The molecule has 1 aromatic heterocycles. The van der Waals surface area contributed by atoms with Gasteiger partial charge < -0.3 is 19.0 Å². The first kappa shape index (κ1) is 35.4. The topological polar surface area (TPSA) is 51.8 Å². The van der Waals surface area contributed by atoms with Gasteiger partial charge in [0.2, 0.25) is 0 Å². The molecule has 0 saturated carbocycles. The Morgan fingerprint density at radius 3 is 1.92 bits per heavy atom. The zero-order valence-electron chi connectivity index (χ0n) is 27.1. The van der Waals surface area contributed by atoms with E-state index in [1.807, 2.05) is 24.6 Å². The van der Waals surface area contributed by atoms with Crippen molar-refractivity contribution in [2.45, 2.75) is 34.0 Å². The standard InChI is InChI=1S/C38H30F6O4S2/c1-46-24-10-7-23(31(45)19-24)18-30-34(37(41,42)38(43,44)36(30,39)40)33-28-16-11-25(47-2)20-32(28)48-35(33)29(22-8-14-27(50-4)15-9-22)17-21-5-12-26(49-3)13-6-21/h5-17,19-20,45H,18H2,1-4H3. The Labute approximate surface area is 292 Å². The molecule has 50 heavy (non-hydrogen) atoms. The fraction of sp³-hybridized carbons (Fsp3) is 0.211. The second-order valence-corrected chi connectivity index (χ2v) is 13.2. The number of fused-ring (bicyclic) bond motifs is 1. The Hall–Kier alpha value is -4.42. The van der Waals surface area contributed by atoms with Crippen molar-refractivity contribution in [3.8, 4) is 17.2 Å². The summed E-state index contributed by atoms with van der Waals surface area (Å²) in [5, 5.41) is 10.5. The lowest BCUT2D eigenvalue weighted by atomic mass is 9.89. The van der Waals surface area contributed by atoms with Crippen molar-refractivity contribution in [1.82, 2.24) is 0 Å². The Morgan fingerprint density at radius 1 is 0.760 bits per heavy atom. The summed E-state index contributed by atoms with van der Waals surface area (Å²) in [6.45, 7) is 0. The lowest BCUT2D eigenvalue weighted by Gasteiger charge is -2.26. The molecule has 0 unspecified atom stereocenters.